The maximum atomic E-state index is 11.6. The average Bonchev–Trinajstić information content (AvgIpc) is 3.16. The Labute approximate surface area is 103 Å². The predicted octanol–water partition coefficient (Wildman–Crippen LogP) is 0.00220. The molecule has 5 heteroatoms. The van der Waals surface area contributed by atoms with Crippen molar-refractivity contribution in [3.05, 3.63) is 0 Å². The molecule has 4 N–H and O–H groups in total. The van der Waals surface area contributed by atoms with Crippen LogP contribution in [0.3, 0.4) is 0 Å². The van der Waals surface area contributed by atoms with Crippen LogP contribution in [-0.4, -0.2) is 30.9 Å². The molecule has 2 atom stereocenters. The molecule has 0 heterocycles. The molecule has 0 aliphatic heterocycles. The molecule has 5 nitrogen and oxygen atoms in total. The molecule has 17 heavy (non-hydrogen) atoms. The van der Waals surface area contributed by atoms with Gasteiger partial charge in [0.15, 0.2) is 0 Å². The summed E-state index contributed by atoms with van der Waals surface area (Å²) in [5.41, 5.74) is 5.77. The first-order valence-electron chi connectivity index (χ1n) is 6.37. The molecule has 1 fully saturated rings. The van der Waals surface area contributed by atoms with Gasteiger partial charge in [0.05, 0.1) is 6.04 Å². The van der Waals surface area contributed by atoms with Gasteiger partial charge >= 0.3 is 0 Å². The summed E-state index contributed by atoms with van der Waals surface area (Å²) < 4.78 is 0. The quantitative estimate of drug-likeness (QED) is 0.549. The molecule has 1 saturated carbocycles. The van der Waals surface area contributed by atoms with E-state index in [0.717, 1.165) is 19.3 Å². The van der Waals surface area contributed by atoms with Gasteiger partial charge in [0, 0.05) is 19.0 Å². The Morgan fingerprint density at radius 2 is 1.88 bits per heavy atom. The highest BCUT2D eigenvalue weighted by Gasteiger charge is 2.29. The number of hydrogen-bond acceptors (Lipinski definition) is 3. The minimum absolute atomic E-state index is 0.102. The van der Waals surface area contributed by atoms with Gasteiger partial charge in [-0.2, -0.15) is 0 Å². The second-order valence-corrected chi connectivity index (χ2v) is 4.77. The predicted molar refractivity (Wildman–Crippen MR) is 66.2 cm³/mol. The summed E-state index contributed by atoms with van der Waals surface area (Å²) in [6.45, 7) is 4.89. The van der Waals surface area contributed by atoms with Crippen LogP contribution in [0.25, 0.3) is 0 Å². The highest BCUT2D eigenvalue weighted by molar-refractivity contribution is 5.82. The van der Waals surface area contributed by atoms with E-state index in [1.807, 2.05) is 13.8 Å². The van der Waals surface area contributed by atoms with Crippen LogP contribution in [0.15, 0.2) is 0 Å². The molecule has 0 aromatic rings. The van der Waals surface area contributed by atoms with Gasteiger partial charge in [-0.15, -0.1) is 0 Å². The maximum Gasteiger partial charge on any atom is 0.237 e. The third-order valence-electron chi connectivity index (χ3n) is 3.23. The van der Waals surface area contributed by atoms with E-state index >= 15 is 0 Å². The van der Waals surface area contributed by atoms with Crippen molar-refractivity contribution in [2.75, 3.05) is 13.1 Å². The van der Waals surface area contributed by atoms with Crippen molar-refractivity contribution in [1.29, 1.82) is 0 Å². The molecule has 0 spiro atoms. The molecule has 98 valence electrons. The van der Waals surface area contributed by atoms with Gasteiger partial charge in [0.1, 0.15) is 0 Å². The van der Waals surface area contributed by atoms with Crippen LogP contribution in [0, 0.1) is 11.8 Å². The summed E-state index contributed by atoms with van der Waals surface area (Å²) in [5.74, 6) is 0.356. The molecule has 1 aliphatic carbocycles. The Hall–Kier alpha value is -1.10. The number of amides is 2. The van der Waals surface area contributed by atoms with E-state index in [1.165, 1.54) is 0 Å². The zero-order valence-corrected chi connectivity index (χ0v) is 10.7. The van der Waals surface area contributed by atoms with Gasteiger partial charge in [-0.25, -0.2) is 0 Å². The number of carbonyl (C=O) groups excluding carboxylic acids is 2. The molecule has 1 unspecified atom stereocenters. The largest absolute Gasteiger partial charge is 0.354 e. The van der Waals surface area contributed by atoms with Crippen LogP contribution in [-0.2, 0) is 9.59 Å². The molecular weight excluding hydrogens is 218 g/mol. The fourth-order valence-corrected chi connectivity index (χ4v) is 1.49. The van der Waals surface area contributed by atoms with Crippen molar-refractivity contribution in [2.45, 2.75) is 39.2 Å². The van der Waals surface area contributed by atoms with Gasteiger partial charge in [0.2, 0.25) is 11.8 Å². The van der Waals surface area contributed by atoms with Crippen molar-refractivity contribution in [2.24, 2.45) is 17.6 Å². The minimum atomic E-state index is -0.459. The van der Waals surface area contributed by atoms with Gasteiger partial charge in [-0.05, 0) is 18.8 Å². The number of nitrogens with one attached hydrogen (secondary N) is 2. The second kappa shape index (κ2) is 6.59. The van der Waals surface area contributed by atoms with Crippen molar-refractivity contribution < 1.29 is 9.59 Å². The normalized spacial score (nSPS) is 18.3. The number of nitrogens with two attached hydrogens (primary N) is 1. The molecule has 0 radical (unpaired) electrons. The van der Waals surface area contributed by atoms with Crippen molar-refractivity contribution >= 4 is 11.8 Å². The molecule has 2 amide bonds. The van der Waals surface area contributed by atoms with Crippen LogP contribution >= 0.6 is 0 Å². The number of rotatable bonds is 7. The Bertz CT molecular complexity index is 277. The lowest BCUT2D eigenvalue weighted by Gasteiger charge is -2.17. The first-order valence-corrected chi connectivity index (χ1v) is 6.37. The summed E-state index contributed by atoms with van der Waals surface area (Å²) in [4.78, 5) is 22.9. The van der Waals surface area contributed by atoms with Crippen LogP contribution in [0.1, 0.15) is 33.1 Å². The number of hydrogen-bond donors (Lipinski definition) is 3. The van der Waals surface area contributed by atoms with Crippen LogP contribution < -0.4 is 16.4 Å². The fraction of sp³-hybridized carbons (Fsp3) is 0.833. The van der Waals surface area contributed by atoms with Crippen molar-refractivity contribution in [3.8, 4) is 0 Å². The van der Waals surface area contributed by atoms with Gasteiger partial charge in [-0.1, -0.05) is 20.3 Å². The van der Waals surface area contributed by atoms with Crippen molar-refractivity contribution in [3.63, 3.8) is 0 Å². The smallest absolute Gasteiger partial charge is 0.237 e. The molecule has 0 aromatic carbocycles. The lowest BCUT2D eigenvalue weighted by molar-refractivity contribution is -0.124. The molecule has 0 aromatic heterocycles. The van der Waals surface area contributed by atoms with Crippen LogP contribution in [0.2, 0.25) is 0 Å². The first-order chi connectivity index (χ1) is 8.06. The maximum absolute atomic E-state index is 11.6. The van der Waals surface area contributed by atoms with E-state index in [4.69, 9.17) is 5.73 Å². The fourth-order valence-electron chi connectivity index (χ4n) is 1.49. The zero-order valence-electron chi connectivity index (χ0n) is 10.7. The SMILES string of the molecule is CCC(C)[C@H](N)C(=O)NCCNC(=O)C1CC1. The monoisotopic (exact) mass is 241 g/mol. The minimum Gasteiger partial charge on any atom is -0.354 e. The van der Waals surface area contributed by atoms with Crippen LogP contribution in [0.4, 0.5) is 0 Å². The average molecular weight is 241 g/mol. The molecule has 0 saturated heterocycles. The van der Waals surface area contributed by atoms with Gasteiger partial charge in [-0.3, -0.25) is 9.59 Å². The van der Waals surface area contributed by atoms with Gasteiger partial charge in [0.25, 0.3) is 0 Å². The summed E-state index contributed by atoms with van der Waals surface area (Å²) in [5, 5.41) is 5.52. The molecular formula is C12H23N3O2. The lowest BCUT2D eigenvalue weighted by atomic mass is 9.99. The Morgan fingerprint density at radius 1 is 1.29 bits per heavy atom. The molecule has 1 aliphatic rings. The van der Waals surface area contributed by atoms with Crippen LogP contribution in [0.5, 0.6) is 0 Å². The molecule has 0 bridgehead atoms. The number of carbonyl (C=O) groups is 2. The summed E-state index contributed by atoms with van der Waals surface area (Å²) in [7, 11) is 0. The summed E-state index contributed by atoms with van der Waals surface area (Å²) in [6.07, 6.45) is 2.88. The second-order valence-electron chi connectivity index (χ2n) is 4.77. The Balaban J connectivity index is 2.08. The van der Waals surface area contributed by atoms with E-state index in [9.17, 15) is 9.59 Å². The van der Waals surface area contributed by atoms with E-state index in [1.54, 1.807) is 0 Å². The van der Waals surface area contributed by atoms with E-state index < -0.39 is 6.04 Å². The van der Waals surface area contributed by atoms with E-state index in [-0.39, 0.29) is 23.7 Å². The highest BCUT2D eigenvalue weighted by atomic mass is 16.2. The van der Waals surface area contributed by atoms with Gasteiger partial charge < -0.3 is 16.4 Å². The zero-order chi connectivity index (χ0) is 12.8. The summed E-state index contributed by atoms with van der Waals surface area (Å²) >= 11 is 0. The van der Waals surface area contributed by atoms with E-state index in [0.29, 0.717) is 13.1 Å². The Kier molecular flexibility index (Phi) is 5.41. The first kappa shape index (κ1) is 14.0. The highest BCUT2D eigenvalue weighted by Crippen LogP contribution is 2.28. The van der Waals surface area contributed by atoms with E-state index in [2.05, 4.69) is 10.6 Å². The standard InChI is InChI=1S/C12H23N3O2/c1-3-8(2)10(13)12(17)15-7-6-14-11(16)9-4-5-9/h8-10H,3-7,13H2,1-2H3,(H,14,16)(H,15,17)/t8?,10-/m0/s1. The third-order valence-corrected chi connectivity index (χ3v) is 3.23. The lowest BCUT2D eigenvalue weighted by Crippen LogP contribution is -2.46. The Morgan fingerprint density at radius 3 is 2.41 bits per heavy atom. The molecule has 1 rings (SSSR count). The summed E-state index contributed by atoms with van der Waals surface area (Å²) in [6, 6.07) is -0.459. The third kappa shape index (κ3) is 4.73. The topological polar surface area (TPSA) is 84.2 Å². The van der Waals surface area contributed by atoms with Crippen molar-refractivity contribution in [1.82, 2.24) is 10.6 Å².